The normalized spacial score (nSPS) is 18.4. The summed E-state index contributed by atoms with van der Waals surface area (Å²) in [5.74, 6) is -0.953. The minimum atomic E-state index is -0.973. The summed E-state index contributed by atoms with van der Waals surface area (Å²) in [6, 6.07) is 3.93. The van der Waals surface area contributed by atoms with Crippen LogP contribution in [0.4, 0.5) is 0 Å². The summed E-state index contributed by atoms with van der Waals surface area (Å²) in [4.78, 5) is 24.9. The van der Waals surface area contributed by atoms with Gasteiger partial charge in [0.1, 0.15) is 11.8 Å². The molecule has 0 radical (unpaired) electrons. The monoisotopic (exact) mass is 283 g/mol. The smallest absolute Gasteiger partial charge is 0.326 e. The Kier molecular flexibility index (Phi) is 3.95. The maximum atomic E-state index is 12.4. The second kappa shape index (κ2) is 5.48. The first-order chi connectivity index (χ1) is 9.04. The predicted octanol–water partition coefficient (Wildman–Crippen LogP) is 2.04. The number of aliphatic carboxylic acids is 1. The van der Waals surface area contributed by atoms with Gasteiger partial charge in [-0.05, 0) is 31.0 Å². The molecule has 0 spiro atoms. The third-order valence-electron chi connectivity index (χ3n) is 3.19. The topological polar surface area (TPSA) is 66.8 Å². The number of halogens is 1. The second-order valence-electron chi connectivity index (χ2n) is 4.34. The van der Waals surface area contributed by atoms with Crippen LogP contribution < -0.4 is 4.74 Å². The Morgan fingerprint density at radius 1 is 1.47 bits per heavy atom. The van der Waals surface area contributed by atoms with Gasteiger partial charge in [-0.3, -0.25) is 4.79 Å². The molecule has 1 fully saturated rings. The molecule has 1 amide bonds. The number of amides is 1. The number of hydrogen-bond donors (Lipinski definition) is 1. The number of benzene rings is 1. The molecule has 1 atom stereocenters. The van der Waals surface area contributed by atoms with Crippen LogP contribution in [0, 0.1) is 0 Å². The quantitative estimate of drug-likeness (QED) is 0.922. The second-order valence-corrected chi connectivity index (χ2v) is 4.78. The largest absolute Gasteiger partial charge is 0.496 e. The van der Waals surface area contributed by atoms with Crippen molar-refractivity contribution < 1.29 is 19.4 Å². The van der Waals surface area contributed by atoms with Crippen molar-refractivity contribution in [2.45, 2.75) is 18.9 Å². The maximum Gasteiger partial charge on any atom is 0.326 e. The van der Waals surface area contributed by atoms with Gasteiger partial charge < -0.3 is 14.7 Å². The molecule has 1 unspecified atom stereocenters. The number of ether oxygens (including phenoxy) is 1. The van der Waals surface area contributed by atoms with Gasteiger partial charge in [-0.1, -0.05) is 11.6 Å². The minimum absolute atomic E-state index is 0.333. The van der Waals surface area contributed by atoms with E-state index in [2.05, 4.69) is 0 Å². The summed E-state index contributed by atoms with van der Waals surface area (Å²) in [6.45, 7) is 0.446. The number of hydrogen-bond acceptors (Lipinski definition) is 3. The fourth-order valence-corrected chi connectivity index (χ4v) is 2.43. The fourth-order valence-electron chi connectivity index (χ4n) is 2.26. The first kappa shape index (κ1) is 13.7. The minimum Gasteiger partial charge on any atom is -0.496 e. The summed E-state index contributed by atoms with van der Waals surface area (Å²) in [7, 11) is 1.45. The van der Waals surface area contributed by atoms with Crippen molar-refractivity contribution in [2.75, 3.05) is 13.7 Å². The Balaban J connectivity index is 2.31. The summed E-state index contributed by atoms with van der Waals surface area (Å²) < 4.78 is 5.12. The van der Waals surface area contributed by atoms with Gasteiger partial charge in [-0.2, -0.15) is 0 Å². The fraction of sp³-hybridized carbons (Fsp3) is 0.385. The molecule has 1 aromatic rings. The molecular weight excluding hydrogens is 270 g/mol. The summed E-state index contributed by atoms with van der Waals surface area (Å²) in [5, 5.41) is 9.57. The highest BCUT2D eigenvalue weighted by Crippen LogP contribution is 2.27. The number of rotatable bonds is 3. The van der Waals surface area contributed by atoms with Crippen molar-refractivity contribution in [3.8, 4) is 5.75 Å². The number of likely N-dealkylation sites (tertiary alicyclic amines) is 1. The van der Waals surface area contributed by atoms with Gasteiger partial charge in [-0.15, -0.1) is 0 Å². The first-order valence-corrected chi connectivity index (χ1v) is 6.29. The molecule has 0 bridgehead atoms. The van der Waals surface area contributed by atoms with Crippen molar-refractivity contribution in [3.63, 3.8) is 0 Å². The maximum absolute atomic E-state index is 12.4. The van der Waals surface area contributed by atoms with Crippen LogP contribution in [-0.4, -0.2) is 41.6 Å². The first-order valence-electron chi connectivity index (χ1n) is 5.92. The lowest BCUT2D eigenvalue weighted by Crippen LogP contribution is -2.40. The molecule has 0 saturated carbocycles. The zero-order valence-electron chi connectivity index (χ0n) is 10.4. The third kappa shape index (κ3) is 2.66. The van der Waals surface area contributed by atoms with Gasteiger partial charge in [0.15, 0.2) is 0 Å². The van der Waals surface area contributed by atoms with E-state index in [1.165, 1.54) is 12.0 Å². The SMILES string of the molecule is COc1cc(Cl)ccc1C(=O)N1CCCC1C(=O)O. The lowest BCUT2D eigenvalue weighted by molar-refractivity contribution is -0.141. The zero-order chi connectivity index (χ0) is 14.0. The van der Waals surface area contributed by atoms with Crippen LogP contribution in [0.25, 0.3) is 0 Å². The van der Waals surface area contributed by atoms with E-state index in [0.717, 1.165) is 0 Å². The van der Waals surface area contributed by atoms with E-state index < -0.39 is 12.0 Å². The Bertz CT molecular complexity index is 517. The molecule has 6 heteroatoms. The van der Waals surface area contributed by atoms with Crippen LogP contribution in [0.15, 0.2) is 18.2 Å². The lowest BCUT2D eigenvalue weighted by Gasteiger charge is -2.22. The van der Waals surface area contributed by atoms with Crippen LogP contribution >= 0.6 is 11.6 Å². The number of carbonyl (C=O) groups excluding carboxylic acids is 1. The predicted molar refractivity (Wildman–Crippen MR) is 69.7 cm³/mol. The molecular formula is C13H14ClNO4. The van der Waals surface area contributed by atoms with E-state index in [1.54, 1.807) is 18.2 Å². The Morgan fingerprint density at radius 3 is 2.84 bits per heavy atom. The molecule has 1 heterocycles. The molecule has 1 aromatic carbocycles. The molecule has 1 aliphatic rings. The Hall–Kier alpha value is -1.75. The highest BCUT2D eigenvalue weighted by Gasteiger charge is 2.35. The van der Waals surface area contributed by atoms with Crippen LogP contribution in [0.3, 0.4) is 0 Å². The van der Waals surface area contributed by atoms with Gasteiger partial charge in [0.2, 0.25) is 0 Å². The molecule has 1 N–H and O–H groups in total. The number of carbonyl (C=O) groups is 2. The Labute approximate surface area is 115 Å². The van der Waals surface area contributed by atoms with Crippen molar-refractivity contribution in [1.29, 1.82) is 0 Å². The van der Waals surface area contributed by atoms with Gasteiger partial charge in [0.05, 0.1) is 12.7 Å². The lowest BCUT2D eigenvalue weighted by atomic mass is 10.1. The van der Waals surface area contributed by atoms with E-state index in [0.29, 0.717) is 35.7 Å². The van der Waals surface area contributed by atoms with Crippen LogP contribution in [0.5, 0.6) is 5.75 Å². The number of carboxylic acids is 1. The number of methoxy groups -OCH3 is 1. The van der Waals surface area contributed by atoms with E-state index in [4.69, 9.17) is 21.4 Å². The molecule has 102 valence electrons. The van der Waals surface area contributed by atoms with E-state index in [9.17, 15) is 9.59 Å². The van der Waals surface area contributed by atoms with E-state index in [1.807, 2.05) is 0 Å². The van der Waals surface area contributed by atoms with Crippen molar-refractivity contribution >= 4 is 23.5 Å². The van der Waals surface area contributed by atoms with Gasteiger partial charge in [-0.25, -0.2) is 4.79 Å². The highest BCUT2D eigenvalue weighted by molar-refractivity contribution is 6.30. The van der Waals surface area contributed by atoms with Crippen molar-refractivity contribution in [1.82, 2.24) is 4.90 Å². The number of carboxylic acid groups (broad SMARTS) is 1. The molecule has 19 heavy (non-hydrogen) atoms. The molecule has 1 saturated heterocycles. The van der Waals surface area contributed by atoms with E-state index in [-0.39, 0.29) is 5.91 Å². The average molecular weight is 284 g/mol. The summed E-state index contributed by atoms with van der Waals surface area (Å²) in [6.07, 6.45) is 1.18. The molecule has 1 aliphatic heterocycles. The van der Waals surface area contributed by atoms with Crippen LogP contribution in [-0.2, 0) is 4.79 Å². The average Bonchev–Trinajstić information content (AvgIpc) is 2.87. The Morgan fingerprint density at radius 2 is 2.21 bits per heavy atom. The number of nitrogens with zero attached hydrogens (tertiary/aromatic N) is 1. The van der Waals surface area contributed by atoms with Crippen LogP contribution in [0.2, 0.25) is 5.02 Å². The third-order valence-corrected chi connectivity index (χ3v) is 3.43. The standard InChI is InChI=1S/C13H14ClNO4/c1-19-11-7-8(14)4-5-9(11)12(16)15-6-2-3-10(15)13(17)18/h4-5,7,10H,2-3,6H2,1H3,(H,17,18). The van der Waals surface area contributed by atoms with Crippen molar-refractivity contribution in [2.24, 2.45) is 0 Å². The van der Waals surface area contributed by atoms with E-state index >= 15 is 0 Å². The van der Waals surface area contributed by atoms with Gasteiger partial charge >= 0.3 is 5.97 Å². The molecule has 0 aromatic heterocycles. The highest BCUT2D eigenvalue weighted by atomic mass is 35.5. The van der Waals surface area contributed by atoms with Crippen molar-refractivity contribution in [3.05, 3.63) is 28.8 Å². The van der Waals surface area contributed by atoms with Crippen LogP contribution in [0.1, 0.15) is 23.2 Å². The molecule has 5 nitrogen and oxygen atoms in total. The van der Waals surface area contributed by atoms with Gasteiger partial charge in [0, 0.05) is 11.6 Å². The molecule has 2 rings (SSSR count). The molecule has 0 aliphatic carbocycles. The zero-order valence-corrected chi connectivity index (χ0v) is 11.2. The summed E-state index contributed by atoms with van der Waals surface area (Å²) >= 11 is 5.84. The van der Waals surface area contributed by atoms with Gasteiger partial charge in [0.25, 0.3) is 5.91 Å². The summed E-state index contributed by atoms with van der Waals surface area (Å²) in [5.41, 5.74) is 0.333.